The van der Waals surface area contributed by atoms with E-state index < -0.39 is 12.1 Å². The van der Waals surface area contributed by atoms with E-state index in [2.05, 4.69) is 15.4 Å². The number of hydrogen-bond acceptors (Lipinski definition) is 4. The minimum absolute atomic E-state index is 0.0885. The lowest BCUT2D eigenvalue weighted by molar-refractivity contribution is -0.143. The van der Waals surface area contributed by atoms with Gasteiger partial charge in [-0.1, -0.05) is 13.8 Å². The zero-order valence-electron chi connectivity index (χ0n) is 11.4. The zero-order valence-corrected chi connectivity index (χ0v) is 11.4. The monoisotopic (exact) mass is 244 g/mol. The number of esters is 1. The average molecular weight is 244 g/mol. The van der Waals surface area contributed by atoms with Gasteiger partial charge in [-0.2, -0.15) is 0 Å². The number of ether oxygens (including phenoxy) is 1. The third-order valence-electron chi connectivity index (χ3n) is 2.78. The van der Waals surface area contributed by atoms with E-state index in [4.69, 9.17) is 0 Å². The van der Waals surface area contributed by atoms with E-state index in [1.807, 2.05) is 13.8 Å². The standard InChI is InChI=1S/C12H24N2O3/c1-6-10(7-2)14-11(15)8(3)13-9(4)12(16)17-5/h8-10,13H,6-7H2,1-5H3,(H,14,15). The van der Waals surface area contributed by atoms with Crippen molar-refractivity contribution in [3.8, 4) is 0 Å². The number of methoxy groups -OCH3 is 1. The van der Waals surface area contributed by atoms with Crippen LogP contribution in [0, 0.1) is 0 Å². The van der Waals surface area contributed by atoms with Gasteiger partial charge in [0, 0.05) is 6.04 Å². The normalized spacial score (nSPS) is 14.2. The van der Waals surface area contributed by atoms with Gasteiger partial charge in [0.2, 0.25) is 5.91 Å². The maximum Gasteiger partial charge on any atom is 0.322 e. The van der Waals surface area contributed by atoms with E-state index in [0.29, 0.717) is 0 Å². The first-order valence-corrected chi connectivity index (χ1v) is 6.10. The zero-order chi connectivity index (χ0) is 13.4. The SMILES string of the molecule is CCC(CC)NC(=O)C(C)NC(C)C(=O)OC. The molecule has 0 aliphatic carbocycles. The molecule has 0 bridgehead atoms. The highest BCUT2D eigenvalue weighted by molar-refractivity contribution is 5.83. The number of nitrogens with one attached hydrogen (secondary N) is 2. The van der Waals surface area contributed by atoms with Gasteiger partial charge in [0.05, 0.1) is 13.2 Å². The summed E-state index contributed by atoms with van der Waals surface area (Å²) < 4.78 is 4.58. The molecule has 17 heavy (non-hydrogen) atoms. The Kier molecular flexibility index (Phi) is 7.54. The summed E-state index contributed by atoms with van der Waals surface area (Å²) in [5.74, 6) is -0.457. The Bertz CT molecular complexity index is 252. The highest BCUT2D eigenvalue weighted by atomic mass is 16.5. The van der Waals surface area contributed by atoms with Crippen LogP contribution in [0.3, 0.4) is 0 Å². The molecule has 2 atom stereocenters. The first-order chi connectivity index (χ1) is 7.96. The molecule has 2 N–H and O–H groups in total. The van der Waals surface area contributed by atoms with Gasteiger partial charge in [-0.15, -0.1) is 0 Å². The van der Waals surface area contributed by atoms with Gasteiger partial charge >= 0.3 is 5.97 Å². The number of carbonyl (C=O) groups is 2. The van der Waals surface area contributed by atoms with Gasteiger partial charge in [-0.05, 0) is 26.7 Å². The van der Waals surface area contributed by atoms with Crippen LogP contribution in [0.1, 0.15) is 40.5 Å². The summed E-state index contributed by atoms with van der Waals surface area (Å²) in [4.78, 5) is 23.0. The molecule has 5 nitrogen and oxygen atoms in total. The van der Waals surface area contributed by atoms with E-state index in [9.17, 15) is 9.59 Å². The van der Waals surface area contributed by atoms with Crippen molar-refractivity contribution in [2.45, 2.75) is 58.7 Å². The van der Waals surface area contributed by atoms with E-state index in [1.54, 1.807) is 13.8 Å². The molecule has 1 amide bonds. The summed E-state index contributed by atoms with van der Waals surface area (Å²) in [6.45, 7) is 7.47. The van der Waals surface area contributed by atoms with Gasteiger partial charge in [0.15, 0.2) is 0 Å². The molecular weight excluding hydrogens is 220 g/mol. The van der Waals surface area contributed by atoms with Crippen molar-refractivity contribution >= 4 is 11.9 Å². The predicted molar refractivity (Wildman–Crippen MR) is 66.6 cm³/mol. The van der Waals surface area contributed by atoms with E-state index in [0.717, 1.165) is 12.8 Å². The molecule has 0 fully saturated rings. The smallest absolute Gasteiger partial charge is 0.322 e. The lowest BCUT2D eigenvalue weighted by atomic mass is 10.1. The number of carbonyl (C=O) groups excluding carboxylic acids is 2. The molecule has 0 aromatic carbocycles. The summed E-state index contributed by atoms with van der Waals surface area (Å²) in [6, 6.07) is -0.702. The topological polar surface area (TPSA) is 67.4 Å². The molecule has 0 saturated heterocycles. The Hall–Kier alpha value is -1.10. The van der Waals surface area contributed by atoms with Crippen LogP contribution in [0.4, 0.5) is 0 Å². The van der Waals surface area contributed by atoms with E-state index >= 15 is 0 Å². The largest absolute Gasteiger partial charge is 0.468 e. The predicted octanol–water partition coefficient (Wildman–Crippen LogP) is 0.831. The summed E-state index contributed by atoms with van der Waals surface area (Å²) in [5.41, 5.74) is 0. The van der Waals surface area contributed by atoms with Gasteiger partial charge in [0.25, 0.3) is 0 Å². The second-order valence-electron chi connectivity index (χ2n) is 4.16. The van der Waals surface area contributed by atoms with Crippen molar-refractivity contribution in [1.29, 1.82) is 0 Å². The Balaban J connectivity index is 4.17. The number of amides is 1. The third kappa shape index (κ3) is 5.68. The Morgan fingerprint density at radius 1 is 1.12 bits per heavy atom. The molecular formula is C12H24N2O3. The van der Waals surface area contributed by atoms with Crippen LogP contribution < -0.4 is 10.6 Å². The highest BCUT2D eigenvalue weighted by Gasteiger charge is 2.21. The average Bonchev–Trinajstić information content (AvgIpc) is 2.34. The van der Waals surface area contributed by atoms with Crippen LogP contribution in [0.15, 0.2) is 0 Å². The molecule has 0 aliphatic heterocycles. The lowest BCUT2D eigenvalue weighted by Gasteiger charge is -2.21. The fourth-order valence-corrected chi connectivity index (χ4v) is 1.51. The lowest BCUT2D eigenvalue weighted by Crippen LogP contribution is -2.50. The molecule has 0 heterocycles. The van der Waals surface area contributed by atoms with Crippen LogP contribution in [0.5, 0.6) is 0 Å². The van der Waals surface area contributed by atoms with Crippen molar-refractivity contribution in [2.24, 2.45) is 0 Å². The Morgan fingerprint density at radius 2 is 1.65 bits per heavy atom. The summed E-state index contributed by atoms with van der Waals surface area (Å²) in [7, 11) is 1.33. The van der Waals surface area contributed by atoms with Crippen molar-refractivity contribution < 1.29 is 14.3 Å². The van der Waals surface area contributed by atoms with Crippen molar-refractivity contribution in [1.82, 2.24) is 10.6 Å². The molecule has 0 rings (SSSR count). The molecule has 0 aliphatic rings. The third-order valence-corrected chi connectivity index (χ3v) is 2.78. The molecule has 0 saturated carbocycles. The molecule has 100 valence electrons. The van der Waals surface area contributed by atoms with Crippen LogP contribution >= 0.6 is 0 Å². The van der Waals surface area contributed by atoms with Crippen molar-refractivity contribution in [2.75, 3.05) is 7.11 Å². The maximum atomic E-state index is 11.8. The van der Waals surface area contributed by atoms with Crippen LogP contribution in [-0.4, -0.2) is 37.1 Å². The second-order valence-corrected chi connectivity index (χ2v) is 4.16. The summed E-state index contributed by atoms with van der Waals surface area (Å²) in [6.07, 6.45) is 1.81. The molecule has 0 aromatic heterocycles. The van der Waals surface area contributed by atoms with Gasteiger partial charge < -0.3 is 10.1 Å². The molecule has 0 radical (unpaired) electrons. The maximum absolute atomic E-state index is 11.8. The van der Waals surface area contributed by atoms with E-state index in [-0.39, 0.29) is 17.9 Å². The summed E-state index contributed by atoms with van der Waals surface area (Å²) >= 11 is 0. The Labute approximate surface area is 103 Å². The second kappa shape index (κ2) is 8.06. The van der Waals surface area contributed by atoms with Crippen molar-refractivity contribution in [3.63, 3.8) is 0 Å². The van der Waals surface area contributed by atoms with Crippen LogP contribution in [-0.2, 0) is 14.3 Å². The van der Waals surface area contributed by atoms with Gasteiger partial charge in [0.1, 0.15) is 6.04 Å². The minimum Gasteiger partial charge on any atom is -0.468 e. The fourth-order valence-electron chi connectivity index (χ4n) is 1.51. The summed E-state index contributed by atoms with van der Waals surface area (Å²) in [5, 5.41) is 5.82. The molecule has 0 aromatic rings. The van der Waals surface area contributed by atoms with E-state index in [1.165, 1.54) is 7.11 Å². The fraction of sp³-hybridized carbons (Fsp3) is 0.833. The number of hydrogen-bond donors (Lipinski definition) is 2. The van der Waals surface area contributed by atoms with Gasteiger partial charge in [-0.25, -0.2) is 0 Å². The molecule has 5 heteroatoms. The van der Waals surface area contributed by atoms with Crippen LogP contribution in [0.25, 0.3) is 0 Å². The first kappa shape index (κ1) is 15.9. The van der Waals surface area contributed by atoms with Gasteiger partial charge in [-0.3, -0.25) is 14.9 Å². The highest BCUT2D eigenvalue weighted by Crippen LogP contribution is 1.98. The first-order valence-electron chi connectivity index (χ1n) is 6.10. The molecule has 2 unspecified atom stereocenters. The minimum atomic E-state index is -0.484. The number of rotatable bonds is 7. The van der Waals surface area contributed by atoms with Crippen molar-refractivity contribution in [3.05, 3.63) is 0 Å². The molecule has 0 spiro atoms. The van der Waals surface area contributed by atoms with Crippen LogP contribution in [0.2, 0.25) is 0 Å². The quantitative estimate of drug-likeness (QED) is 0.651. The Morgan fingerprint density at radius 3 is 2.06 bits per heavy atom.